The Labute approximate surface area is 128 Å². The molecule has 0 aromatic heterocycles. The van der Waals surface area contributed by atoms with Crippen LogP contribution in [-0.2, 0) is 4.87 Å². The van der Waals surface area contributed by atoms with E-state index in [2.05, 4.69) is 48.6 Å². The van der Waals surface area contributed by atoms with Crippen LogP contribution in [0, 0.1) is 6.92 Å². The Kier molecular flexibility index (Phi) is 3.48. The Morgan fingerprint density at radius 3 is 2.35 bits per heavy atom. The van der Waals surface area contributed by atoms with Gasteiger partial charge >= 0.3 is 0 Å². The number of halogens is 1. The van der Waals surface area contributed by atoms with Gasteiger partial charge in [-0.3, -0.25) is 5.43 Å². The second-order valence-electron chi connectivity index (χ2n) is 5.04. The van der Waals surface area contributed by atoms with Crippen LogP contribution in [0.15, 0.2) is 53.6 Å². The predicted molar refractivity (Wildman–Crippen MR) is 87.2 cm³/mol. The van der Waals surface area contributed by atoms with Gasteiger partial charge in [0, 0.05) is 10.6 Å². The van der Waals surface area contributed by atoms with E-state index in [1.807, 2.05) is 24.3 Å². The van der Waals surface area contributed by atoms with Gasteiger partial charge in [0.25, 0.3) is 0 Å². The summed E-state index contributed by atoms with van der Waals surface area (Å²) in [6.45, 7) is 4.22. The summed E-state index contributed by atoms with van der Waals surface area (Å²) in [5, 5.41) is 6.25. The molecule has 0 spiro atoms. The van der Waals surface area contributed by atoms with Crippen molar-refractivity contribution in [1.29, 1.82) is 0 Å². The molecule has 3 rings (SSSR count). The van der Waals surface area contributed by atoms with E-state index in [1.54, 1.807) is 11.8 Å². The highest BCUT2D eigenvalue weighted by atomic mass is 35.5. The van der Waals surface area contributed by atoms with Crippen molar-refractivity contribution in [3.05, 3.63) is 70.2 Å². The van der Waals surface area contributed by atoms with Gasteiger partial charge in [-0.2, -0.15) is 5.10 Å². The second kappa shape index (κ2) is 5.15. The summed E-state index contributed by atoms with van der Waals surface area (Å²) in [4.78, 5) is -0.245. The maximum Gasteiger partial charge on any atom is 0.128 e. The number of nitrogens with one attached hydrogen (secondary N) is 1. The van der Waals surface area contributed by atoms with E-state index in [9.17, 15) is 0 Å². The Hall–Kier alpha value is -1.45. The van der Waals surface area contributed by atoms with Crippen molar-refractivity contribution in [2.24, 2.45) is 5.10 Å². The largest absolute Gasteiger partial charge is 0.288 e. The first-order chi connectivity index (χ1) is 9.57. The zero-order chi connectivity index (χ0) is 14.2. The van der Waals surface area contributed by atoms with E-state index >= 15 is 0 Å². The number of nitrogens with zero attached hydrogens (tertiary/aromatic N) is 1. The van der Waals surface area contributed by atoms with E-state index in [1.165, 1.54) is 5.56 Å². The molecular formula is C16H15ClN2S. The van der Waals surface area contributed by atoms with Gasteiger partial charge < -0.3 is 0 Å². The van der Waals surface area contributed by atoms with Gasteiger partial charge in [-0.05, 0) is 31.5 Å². The zero-order valence-electron chi connectivity index (χ0n) is 11.4. The molecular weight excluding hydrogens is 288 g/mol. The predicted octanol–water partition coefficient (Wildman–Crippen LogP) is 4.52. The van der Waals surface area contributed by atoms with E-state index in [0.717, 1.165) is 21.2 Å². The third-order valence-corrected chi connectivity index (χ3v) is 4.87. The Balaban J connectivity index is 1.84. The first kappa shape index (κ1) is 13.5. The number of hydrogen-bond donors (Lipinski definition) is 1. The molecule has 4 heteroatoms. The highest BCUT2D eigenvalue weighted by Gasteiger charge is 2.34. The number of thioether (sulfide) groups is 1. The van der Waals surface area contributed by atoms with Gasteiger partial charge in [-0.25, -0.2) is 0 Å². The molecule has 1 atom stereocenters. The van der Waals surface area contributed by atoms with Crippen LogP contribution in [0.3, 0.4) is 0 Å². The molecule has 2 aromatic carbocycles. The van der Waals surface area contributed by atoms with Crippen LogP contribution >= 0.6 is 23.4 Å². The van der Waals surface area contributed by atoms with Gasteiger partial charge in [-0.15, -0.1) is 0 Å². The molecule has 1 heterocycles. The summed E-state index contributed by atoms with van der Waals surface area (Å²) < 4.78 is 0. The highest BCUT2D eigenvalue weighted by molar-refractivity contribution is 8.15. The van der Waals surface area contributed by atoms with Crippen LogP contribution < -0.4 is 5.43 Å². The molecule has 0 aliphatic carbocycles. The molecule has 102 valence electrons. The summed E-state index contributed by atoms with van der Waals surface area (Å²) >= 11 is 7.67. The molecule has 0 bridgehead atoms. The van der Waals surface area contributed by atoms with Crippen molar-refractivity contribution in [1.82, 2.24) is 5.43 Å². The van der Waals surface area contributed by atoms with Gasteiger partial charge in [0.15, 0.2) is 0 Å². The number of hydrogen-bond acceptors (Lipinski definition) is 3. The monoisotopic (exact) mass is 302 g/mol. The summed E-state index contributed by atoms with van der Waals surface area (Å²) in [6.07, 6.45) is 0. The minimum atomic E-state index is -0.245. The maximum atomic E-state index is 5.95. The third kappa shape index (κ3) is 2.56. The first-order valence-corrected chi connectivity index (χ1v) is 7.63. The minimum absolute atomic E-state index is 0.245. The number of aryl methyl sites for hydroxylation is 1. The van der Waals surface area contributed by atoms with Crippen LogP contribution in [0.25, 0.3) is 0 Å². The van der Waals surface area contributed by atoms with Crippen LogP contribution in [0.2, 0.25) is 5.02 Å². The average Bonchev–Trinajstić information content (AvgIpc) is 2.84. The molecule has 1 unspecified atom stereocenters. The summed E-state index contributed by atoms with van der Waals surface area (Å²) in [7, 11) is 0. The fourth-order valence-electron chi connectivity index (χ4n) is 2.11. The lowest BCUT2D eigenvalue weighted by atomic mass is 10.1. The number of rotatable bonds is 2. The molecule has 2 nitrogen and oxygen atoms in total. The summed E-state index contributed by atoms with van der Waals surface area (Å²) in [6, 6.07) is 16.3. The van der Waals surface area contributed by atoms with Gasteiger partial charge in [0.05, 0.1) is 0 Å². The maximum absolute atomic E-state index is 5.95. The lowest BCUT2D eigenvalue weighted by Gasteiger charge is -2.23. The Bertz CT molecular complexity index is 649. The third-order valence-electron chi connectivity index (χ3n) is 3.37. The van der Waals surface area contributed by atoms with Crippen molar-refractivity contribution in [3.8, 4) is 0 Å². The Morgan fingerprint density at radius 2 is 1.70 bits per heavy atom. The smallest absolute Gasteiger partial charge is 0.128 e. The first-order valence-electron chi connectivity index (χ1n) is 6.44. The normalized spacial score (nSPS) is 21.4. The van der Waals surface area contributed by atoms with Crippen LogP contribution in [0.1, 0.15) is 23.6 Å². The molecule has 2 aromatic rings. The molecule has 0 radical (unpaired) electrons. The average molecular weight is 303 g/mol. The van der Waals surface area contributed by atoms with E-state index in [-0.39, 0.29) is 4.87 Å². The lowest BCUT2D eigenvalue weighted by molar-refractivity contribution is 0.563. The molecule has 0 fully saturated rings. The number of hydrazone groups is 1. The van der Waals surface area contributed by atoms with Crippen molar-refractivity contribution < 1.29 is 0 Å². The minimum Gasteiger partial charge on any atom is -0.288 e. The molecule has 0 saturated heterocycles. The molecule has 1 aliphatic rings. The van der Waals surface area contributed by atoms with E-state index in [0.29, 0.717) is 0 Å². The van der Waals surface area contributed by atoms with Gasteiger partial charge in [0.2, 0.25) is 0 Å². The summed E-state index contributed by atoms with van der Waals surface area (Å²) in [5.74, 6) is 0. The lowest BCUT2D eigenvalue weighted by Crippen LogP contribution is -2.28. The summed E-state index contributed by atoms with van der Waals surface area (Å²) in [5.41, 5.74) is 6.80. The van der Waals surface area contributed by atoms with Crippen molar-refractivity contribution in [3.63, 3.8) is 0 Å². The van der Waals surface area contributed by atoms with Crippen LogP contribution in [0.5, 0.6) is 0 Å². The molecule has 20 heavy (non-hydrogen) atoms. The van der Waals surface area contributed by atoms with Crippen molar-refractivity contribution >= 4 is 28.4 Å². The highest BCUT2D eigenvalue weighted by Crippen LogP contribution is 2.40. The quantitative estimate of drug-likeness (QED) is 0.882. The van der Waals surface area contributed by atoms with Crippen LogP contribution in [-0.4, -0.2) is 5.04 Å². The van der Waals surface area contributed by atoms with Gasteiger partial charge in [0.1, 0.15) is 9.91 Å². The zero-order valence-corrected chi connectivity index (χ0v) is 12.9. The van der Waals surface area contributed by atoms with E-state index < -0.39 is 0 Å². The van der Waals surface area contributed by atoms with Crippen molar-refractivity contribution in [2.75, 3.05) is 0 Å². The van der Waals surface area contributed by atoms with E-state index in [4.69, 9.17) is 11.6 Å². The van der Waals surface area contributed by atoms with Crippen molar-refractivity contribution in [2.45, 2.75) is 18.7 Å². The Morgan fingerprint density at radius 1 is 1.05 bits per heavy atom. The second-order valence-corrected chi connectivity index (χ2v) is 6.88. The van der Waals surface area contributed by atoms with Gasteiger partial charge in [-0.1, -0.05) is 65.3 Å². The fourth-order valence-corrected chi connectivity index (χ4v) is 3.31. The number of benzene rings is 2. The molecule has 1 N–H and O–H groups in total. The van der Waals surface area contributed by atoms with Crippen LogP contribution in [0.4, 0.5) is 0 Å². The SMILES string of the molecule is Cc1ccc(C2=NNC(C)(c3ccc(Cl)cc3)S2)cc1. The topological polar surface area (TPSA) is 24.4 Å². The molecule has 0 amide bonds. The fraction of sp³-hybridized carbons (Fsp3) is 0.188. The standard InChI is InChI=1S/C16H15ClN2S/c1-11-3-5-12(6-4-11)15-18-19-16(2,20-15)13-7-9-14(17)10-8-13/h3-10,19H,1-2H3. The molecule has 1 aliphatic heterocycles. The molecule has 0 saturated carbocycles.